The van der Waals surface area contributed by atoms with E-state index < -0.39 is 0 Å². The largest absolute Gasteiger partial charge is 0.309 e. The number of fused-ring (bicyclic) bond motifs is 2. The Morgan fingerprint density at radius 3 is 2.40 bits per heavy atom. The Hall–Kier alpha value is -0.0800. The molecule has 0 aliphatic carbocycles. The Balaban J connectivity index is 1.96. The summed E-state index contributed by atoms with van der Waals surface area (Å²) in [5, 5.41) is 3.61. The fourth-order valence-electron chi connectivity index (χ4n) is 2.15. The van der Waals surface area contributed by atoms with Gasteiger partial charge in [0.2, 0.25) is 0 Å². The lowest BCUT2D eigenvalue weighted by Gasteiger charge is -2.31. The molecule has 0 amide bonds. The molecule has 2 saturated heterocycles. The summed E-state index contributed by atoms with van der Waals surface area (Å²) >= 11 is 0. The molecule has 2 aliphatic heterocycles. The smallest absolute Gasteiger partial charge is 0.0198 e. The maximum absolute atomic E-state index is 3.61. The van der Waals surface area contributed by atoms with E-state index in [4.69, 9.17) is 0 Å². The third-order valence-corrected chi connectivity index (χ3v) is 2.74. The van der Waals surface area contributed by atoms with Crippen molar-refractivity contribution in [3.8, 4) is 0 Å². The van der Waals surface area contributed by atoms with Gasteiger partial charge in [-0.25, -0.2) is 0 Å². The van der Waals surface area contributed by atoms with Crippen LogP contribution in [0, 0.1) is 0 Å². The molecule has 0 saturated carbocycles. The second-order valence-electron chi connectivity index (χ2n) is 3.49. The molecule has 0 spiro atoms. The van der Waals surface area contributed by atoms with Crippen LogP contribution in [0.15, 0.2) is 0 Å². The van der Waals surface area contributed by atoms with E-state index in [-0.39, 0.29) is 0 Å². The van der Waals surface area contributed by atoms with Crippen LogP contribution < -0.4 is 5.32 Å². The number of piperazine rings is 1. The number of hydrogen-bond acceptors (Lipinski definition) is 2. The van der Waals surface area contributed by atoms with Gasteiger partial charge in [-0.3, -0.25) is 0 Å². The van der Waals surface area contributed by atoms with E-state index in [0.29, 0.717) is 0 Å². The Bertz CT molecular complexity index is 112. The zero-order valence-corrected chi connectivity index (χ0v) is 6.64. The molecule has 2 heterocycles. The summed E-state index contributed by atoms with van der Waals surface area (Å²) in [5.41, 5.74) is 0. The number of likely N-dealkylation sites (tertiary alicyclic amines) is 1. The molecule has 1 unspecified atom stereocenters. The Labute approximate surface area is 62.6 Å². The summed E-state index contributed by atoms with van der Waals surface area (Å²) in [7, 11) is 0. The van der Waals surface area contributed by atoms with Crippen molar-refractivity contribution < 1.29 is 0 Å². The lowest BCUT2D eigenvalue weighted by molar-refractivity contribution is 0.205. The van der Waals surface area contributed by atoms with E-state index in [1.165, 1.54) is 32.5 Å². The molecule has 58 valence electrons. The number of likely N-dealkylation sites (N-methyl/N-ethyl adjacent to an activating group) is 1. The number of nitrogens with zero attached hydrogens (tertiary/aromatic N) is 1. The molecule has 0 aromatic carbocycles. The highest BCUT2D eigenvalue weighted by atomic mass is 15.2. The Kier molecular flexibility index (Phi) is 1.66. The highest BCUT2D eigenvalue weighted by molar-refractivity contribution is 4.92. The Morgan fingerprint density at radius 1 is 1.30 bits per heavy atom. The predicted octanol–water partition coefficient (Wildman–Crippen LogP) is 0.442. The first-order valence-corrected chi connectivity index (χ1v) is 4.37. The van der Waals surface area contributed by atoms with Gasteiger partial charge in [0.25, 0.3) is 0 Å². The van der Waals surface area contributed by atoms with Crippen molar-refractivity contribution in [3.63, 3.8) is 0 Å². The lowest BCUT2D eigenvalue weighted by atomic mass is 10.2. The topological polar surface area (TPSA) is 15.3 Å². The van der Waals surface area contributed by atoms with Crippen LogP contribution in [-0.4, -0.2) is 36.6 Å². The van der Waals surface area contributed by atoms with E-state index in [2.05, 4.69) is 17.1 Å². The molecule has 2 aliphatic rings. The first kappa shape index (κ1) is 6.62. The fourth-order valence-corrected chi connectivity index (χ4v) is 2.15. The van der Waals surface area contributed by atoms with Crippen molar-refractivity contribution in [2.75, 3.05) is 19.6 Å². The highest BCUT2D eigenvalue weighted by Crippen LogP contribution is 2.19. The summed E-state index contributed by atoms with van der Waals surface area (Å²) in [6.45, 7) is 6.06. The zero-order chi connectivity index (χ0) is 6.97. The number of hydrogen-bond donors (Lipinski definition) is 1. The quantitative estimate of drug-likeness (QED) is 0.568. The summed E-state index contributed by atoms with van der Waals surface area (Å²) in [6.07, 6.45) is 2.81. The van der Waals surface area contributed by atoms with E-state index in [1.807, 2.05) is 0 Å². The summed E-state index contributed by atoms with van der Waals surface area (Å²) in [4.78, 5) is 2.55. The molecular formula is C8H16N2. The zero-order valence-electron chi connectivity index (χ0n) is 6.64. The Morgan fingerprint density at radius 2 is 1.90 bits per heavy atom. The van der Waals surface area contributed by atoms with Crippen LogP contribution in [0.5, 0.6) is 0 Å². The molecule has 0 aromatic rings. The van der Waals surface area contributed by atoms with Crippen LogP contribution in [0.3, 0.4) is 0 Å². The molecule has 0 aromatic heterocycles. The lowest BCUT2D eigenvalue weighted by Crippen LogP contribution is -2.50. The summed E-state index contributed by atoms with van der Waals surface area (Å²) in [6, 6.07) is 1.64. The molecule has 0 radical (unpaired) electrons. The van der Waals surface area contributed by atoms with Crippen molar-refractivity contribution in [2.45, 2.75) is 31.8 Å². The van der Waals surface area contributed by atoms with Crippen LogP contribution in [0.2, 0.25) is 0 Å². The normalized spacial score (nSPS) is 40.5. The van der Waals surface area contributed by atoms with Crippen LogP contribution in [-0.2, 0) is 0 Å². The summed E-state index contributed by atoms with van der Waals surface area (Å²) in [5.74, 6) is 0. The minimum absolute atomic E-state index is 0.818. The maximum atomic E-state index is 3.61. The minimum Gasteiger partial charge on any atom is -0.309 e. The van der Waals surface area contributed by atoms with Crippen LogP contribution >= 0.6 is 0 Å². The van der Waals surface area contributed by atoms with E-state index in [1.54, 1.807) is 0 Å². The first-order valence-electron chi connectivity index (χ1n) is 4.37. The van der Waals surface area contributed by atoms with E-state index in [9.17, 15) is 0 Å². The van der Waals surface area contributed by atoms with Gasteiger partial charge in [0.05, 0.1) is 0 Å². The second-order valence-corrected chi connectivity index (χ2v) is 3.49. The molecule has 2 heteroatoms. The van der Waals surface area contributed by atoms with Crippen LogP contribution in [0.4, 0.5) is 0 Å². The highest BCUT2D eigenvalue weighted by Gasteiger charge is 2.30. The molecule has 2 fully saturated rings. The van der Waals surface area contributed by atoms with Crippen molar-refractivity contribution in [1.29, 1.82) is 0 Å². The van der Waals surface area contributed by atoms with Crippen molar-refractivity contribution >= 4 is 0 Å². The van der Waals surface area contributed by atoms with Gasteiger partial charge in [-0.05, 0) is 19.4 Å². The average molecular weight is 140 g/mol. The monoisotopic (exact) mass is 140 g/mol. The standard InChI is InChI=1S/C8H16N2/c1-2-10-5-7-3-4-8(6-10)9-7/h7-9H,2-6H2,1H3/t7-,8?/m0/s1. The van der Waals surface area contributed by atoms with Gasteiger partial charge < -0.3 is 10.2 Å². The molecular weight excluding hydrogens is 124 g/mol. The van der Waals surface area contributed by atoms with Gasteiger partial charge in [0.1, 0.15) is 0 Å². The summed E-state index contributed by atoms with van der Waals surface area (Å²) < 4.78 is 0. The molecule has 2 nitrogen and oxygen atoms in total. The number of nitrogens with one attached hydrogen (secondary N) is 1. The van der Waals surface area contributed by atoms with Gasteiger partial charge in [-0.15, -0.1) is 0 Å². The van der Waals surface area contributed by atoms with E-state index >= 15 is 0 Å². The molecule has 2 atom stereocenters. The maximum Gasteiger partial charge on any atom is 0.0198 e. The van der Waals surface area contributed by atoms with Crippen LogP contribution in [0.25, 0.3) is 0 Å². The van der Waals surface area contributed by atoms with Crippen molar-refractivity contribution in [2.24, 2.45) is 0 Å². The van der Waals surface area contributed by atoms with Gasteiger partial charge in [0.15, 0.2) is 0 Å². The predicted molar refractivity (Wildman–Crippen MR) is 42.1 cm³/mol. The van der Waals surface area contributed by atoms with Gasteiger partial charge in [0, 0.05) is 25.2 Å². The SMILES string of the molecule is CCN1CC2CC[C@@H](C1)N2. The first-order chi connectivity index (χ1) is 4.88. The third kappa shape index (κ3) is 1.06. The molecule has 10 heavy (non-hydrogen) atoms. The number of rotatable bonds is 1. The van der Waals surface area contributed by atoms with Crippen LogP contribution in [0.1, 0.15) is 19.8 Å². The molecule has 2 bridgehead atoms. The fraction of sp³-hybridized carbons (Fsp3) is 1.00. The third-order valence-electron chi connectivity index (χ3n) is 2.74. The molecule has 1 N–H and O–H groups in total. The van der Waals surface area contributed by atoms with Gasteiger partial charge in [-0.2, -0.15) is 0 Å². The van der Waals surface area contributed by atoms with Gasteiger partial charge in [-0.1, -0.05) is 6.92 Å². The van der Waals surface area contributed by atoms with E-state index in [0.717, 1.165) is 12.1 Å². The second kappa shape index (κ2) is 2.51. The minimum atomic E-state index is 0.818. The van der Waals surface area contributed by atoms with Gasteiger partial charge >= 0.3 is 0 Å². The molecule has 2 rings (SSSR count). The average Bonchev–Trinajstić information content (AvgIpc) is 2.30. The van der Waals surface area contributed by atoms with Crippen molar-refractivity contribution in [3.05, 3.63) is 0 Å². The van der Waals surface area contributed by atoms with Crippen molar-refractivity contribution in [1.82, 2.24) is 10.2 Å².